The molecule has 4 heteroatoms. The average molecular weight is 396 g/mol. The van der Waals surface area contributed by atoms with Crippen molar-refractivity contribution >= 4 is 17.5 Å². The number of para-hydroxylation sites is 1. The molecule has 3 atom stereocenters. The summed E-state index contributed by atoms with van der Waals surface area (Å²) in [5.74, 6) is -0.517. The largest absolute Gasteiger partial charge is 0.351 e. The summed E-state index contributed by atoms with van der Waals surface area (Å²) in [4.78, 5) is 15.9. The third-order valence-electron chi connectivity index (χ3n) is 6.32. The number of ketones is 1. The third kappa shape index (κ3) is 2.76. The average Bonchev–Trinajstić information content (AvgIpc) is 3.03. The molecule has 0 saturated carbocycles. The molecule has 0 unspecified atom stereocenters. The second-order valence-electron chi connectivity index (χ2n) is 9.31. The summed E-state index contributed by atoms with van der Waals surface area (Å²) in [6, 6.07) is 19.4. The SMILES string of the molecule is Cc1cccc([C@H]2[C@@H](C(=O)C(C)(C)C)N3c4ccccc4C=C[C@@H]3C2(C#N)C#N)c1. The minimum Gasteiger partial charge on any atom is -0.351 e. The lowest BCUT2D eigenvalue weighted by Gasteiger charge is -2.37. The van der Waals surface area contributed by atoms with Crippen LogP contribution >= 0.6 is 0 Å². The molecule has 0 aromatic heterocycles. The number of carbonyl (C=O) groups excluding carboxylic acids is 1. The molecule has 0 N–H and O–H groups in total. The number of aryl methyl sites for hydroxylation is 1. The zero-order valence-electron chi connectivity index (χ0n) is 17.8. The van der Waals surface area contributed by atoms with Gasteiger partial charge in [-0.05, 0) is 24.1 Å². The molecule has 150 valence electrons. The van der Waals surface area contributed by atoms with E-state index in [2.05, 4.69) is 12.1 Å². The zero-order chi connectivity index (χ0) is 21.7. The van der Waals surface area contributed by atoms with Crippen molar-refractivity contribution in [3.05, 3.63) is 71.3 Å². The quantitative estimate of drug-likeness (QED) is 0.717. The van der Waals surface area contributed by atoms with Gasteiger partial charge in [-0.1, -0.05) is 81.0 Å². The van der Waals surface area contributed by atoms with Crippen LogP contribution in [0.25, 0.3) is 6.08 Å². The van der Waals surface area contributed by atoms with Crippen LogP contribution in [0.5, 0.6) is 0 Å². The van der Waals surface area contributed by atoms with Gasteiger partial charge in [0.15, 0.2) is 11.2 Å². The van der Waals surface area contributed by atoms with Crippen LogP contribution in [-0.4, -0.2) is 17.9 Å². The first-order chi connectivity index (χ1) is 14.2. The van der Waals surface area contributed by atoms with E-state index in [1.807, 2.05) is 93.3 Å². The van der Waals surface area contributed by atoms with Crippen LogP contribution in [-0.2, 0) is 4.79 Å². The Balaban J connectivity index is 2.04. The van der Waals surface area contributed by atoms with Gasteiger partial charge < -0.3 is 4.90 Å². The van der Waals surface area contributed by atoms with Crippen LogP contribution in [0.2, 0.25) is 0 Å². The first-order valence-corrected chi connectivity index (χ1v) is 10.2. The van der Waals surface area contributed by atoms with Crippen molar-refractivity contribution in [2.24, 2.45) is 10.8 Å². The number of rotatable bonds is 2. The van der Waals surface area contributed by atoms with E-state index in [9.17, 15) is 15.3 Å². The molecule has 1 fully saturated rings. The van der Waals surface area contributed by atoms with Crippen LogP contribution in [0.4, 0.5) is 5.69 Å². The maximum Gasteiger partial charge on any atom is 0.176 e. The minimum atomic E-state index is -1.37. The lowest BCUT2D eigenvalue weighted by molar-refractivity contribution is -0.127. The highest BCUT2D eigenvalue weighted by atomic mass is 16.1. The summed E-state index contributed by atoms with van der Waals surface area (Å²) in [5.41, 5.74) is 1.81. The summed E-state index contributed by atoms with van der Waals surface area (Å²) >= 11 is 0. The van der Waals surface area contributed by atoms with Gasteiger partial charge in [0.2, 0.25) is 0 Å². The fourth-order valence-electron chi connectivity index (χ4n) is 4.92. The van der Waals surface area contributed by atoms with E-state index in [1.54, 1.807) is 0 Å². The van der Waals surface area contributed by atoms with Crippen LogP contribution in [0.1, 0.15) is 43.4 Å². The van der Waals surface area contributed by atoms with Crippen molar-refractivity contribution in [2.45, 2.75) is 45.7 Å². The number of hydrogen-bond donors (Lipinski definition) is 0. The number of Topliss-reactive ketones (excluding diaryl/α,β-unsaturated/α-hetero) is 1. The molecular weight excluding hydrogens is 370 g/mol. The van der Waals surface area contributed by atoms with Crippen molar-refractivity contribution < 1.29 is 4.79 Å². The third-order valence-corrected chi connectivity index (χ3v) is 6.32. The van der Waals surface area contributed by atoms with Gasteiger partial charge in [0.1, 0.15) is 0 Å². The van der Waals surface area contributed by atoms with Crippen LogP contribution in [0.3, 0.4) is 0 Å². The van der Waals surface area contributed by atoms with Crippen molar-refractivity contribution in [3.8, 4) is 12.1 Å². The normalized spacial score (nSPS) is 23.8. The Morgan fingerprint density at radius 3 is 2.40 bits per heavy atom. The van der Waals surface area contributed by atoms with E-state index < -0.39 is 28.8 Å². The first-order valence-electron chi connectivity index (χ1n) is 10.2. The van der Waals surface area contributed by atoms with Gasteiger partial charge in [-0.25, -0.2) is 0 Å². The molecule has 2 aliphatic rings. The topological polar surface area (TPSA) is 67.9 Å². The van der Waals surface area contributed by atoms with Crippen molar-refractivity contribution in [1.82, 2.24) is 0 Å². The van der Waals surface area contributed by atoms with Crippen LogP contribution in [0.15, 0.2) is 54.6 Å². The molecule has 0 aliphatic carbocycles. The number of fused-ring (bicyclic) bond motifs is 3. The Morgan fingerprint density at radius 2 is 1.77 bits per heavy atom. The molecule has 2 aromatic rings. The lowest BCUT2D eigenvalue weighted by atomic mass is 9.67. The van der Waals surface area contributed by atoms with Gasteiger partial charge in [0.25, 0.3) is 0 Å². The van der Waals surface area contributed by atoms with Gasteiger partial charge in [0, 0.05) is 17.0 Å². The second-order valence-corrected chi connectivity index (χ2v) is 9.31. The van der Waals surface area contributed by atoms with Crippen LogP contribution < -0.4 is 4.90 Å². The fourth-order valence-corrected chi connectivity index (χ4v) is 4.92. The molecular formula is C26H25N3O. The first kappa shape index (κ1) is 19.9. The predicted octanol–water partition coefficient (Wildman–Crippen LogP) is 5.01. The number of carbonyl (C=O) groups is 1. The Kier molecular flexibility index (Phi) is 4.55. The van der Waals surface area contributed by atoms with Gasteiger partial charge in [-0.2, -0.15) is 10.5 Å². The molecule has 30 heavy (non-hydrogen) atoms. The fraction of sp³-hybridized carbons (Fsp3) is 0.346. The molecule has 0 spiro atoms. The maximum atomic E-state index is 13.8. The van der Waals surface area contributed by atoms with Gasteiger partial charge in [-0.3, -0.25) is 4.79 Å². The van der Waals surface area contributed by atoms with E-state index in [-0.39, 0.29) is 5.78 Å². The van der Waals surface area contributed by atoms with Gasteiger partial charge in [-0.15, -0.1) is 0 Å². The summed E-state index contributed by atoms with van der Waals surface area (Å²) in [5, 5.41) is 20.7. The maximum absolute atomic E-state index is 13.8. The smallest absolute Gasteiger partial charge is 0.176 e. The predicted molar refractivity (Wildman–Crippen MR) is 118 cm³/mol. The molecule has 4 nitrogen and oxygen atoms in total. The number of benzene rings is 2. The van der Waals surface area contributed by atoms with E-state index in [0.29, 0.717) is 0 Å². The Labute approximate surface area is 178 Å². The summed E-state index contributed by atoms with van der Waals surface area (Å²) < 4.78 is 0. The molecule has 4 rings (SSSR count). The van der Waals surface area contributed by atoms with E-state index >= 15 is 0 Å². The number of nitriles is 2. The number of nitrogens with zero attached hydrogens (tertiary/aromatic N) is 3. The molecule has 0 radical (unpaired) electrons. The lowest BCUT2D eigenvalue weighted by Crippen LogP contribution is -2.47. The molecule has 1 saturated heterocycles. The highest BCUT2D eigenvalue weighted by Gasteiger charge is 2.64. The zero-order valence-corrected chi connectivity index (χ0v) is 17.8. The Bertz CT molecular complexity index is 1110. The molecule has 2 aromatic carbocycles. The summed E-state index contributed by atoms with van der Waals surface area (Å²) in [6.07, 6.45) is 3.89. The Morgan fingerprint density at radius 1 is 1.07 bits per heavy atom. The minimum absolute atomic E-state index is 0.0384. The van der Waals surface area contributed by atoms with E-state index in [0.717, 1.165) is 22.4 Å². The van der Waals surface area contributed by atoms with Gasteiger partial charge in [0.05, 0.1) is 24.2 Å². The highest BCUT2D eigenvalue weighted by molar-refractivity contribution is 5.96. The second kappa shape index (κ2) is 6.85. The monoisotopic (exact) mass is 395 g/mol. The summed E-state index contributed by atoms with van der Waals surface area (Å²) in [6.45, 7) is 7.70. The molecule has 2 aliphatic heterocycles. The highest BCUT2D eigenvalue weighted by Crippen LogP contribution is 2.56. The van der Waals surface area contributed by atoms with Gasteiger partial charge >= 0.3 is 0 Å². The van der Waals surface area contributed by atoms with E-state index in [1.165, 1.54) is 0 Å². The Hall–Kier alpha value is -3.37. The number of anilines is 1. The molecule has 0 amide bonds. The van der Waals surface area contributed by atoms with E-state index in [4.69, 9.17) is 0 Å². The van der Waals surface area contributed by atoms with Crippen molar-refractivity contribution in [2.75, 3.05) is 4.90 Å². The van der Waals surface area contributed by atoms with Crippen LogP contribution in [0, 0.1) is 40.4 Å². The molecule has 0 bridgehead atoms. The molecule has 2 heterocycles. The van der Waals surface area contributed by atoms with Crippen molar-refractivity contribution in [1.29, 1.82) is 10.5 Å². The number of hydrogen-bond acceptors (Lipinski definition) is 4. The summed E-state index contributed by atoms with van der Waals surface area (Å²) in [7, 11) is 0. The standard InChI is InChI=1S/C26H25N3O/c1-17-8-7-10-19(14-17)22-23(24(30)25(2,3)4)29-20-11-6-5-9-18(20)12-13-21(29)26(22,15-27)16-28/h5-14,21-23H,1-4H3/t21-,22+,23+/m1/s1. The van der Waals surface area contributed by atoms with Crippen molar-refractivity contribution in [3.63, 3.8) is 0 Å².